The molecule has 2 aliphatic rings. The van der Waals surface area contributed by atoms with E-state index in [9.17, 15) is 26.4 Å². The molecule has 3 heterocycles. The highest BCUT2D eigenvalue weighted by Gasteiger charge is 2.37. The van der Waals surface area contributed by atoms with Gasteiger partial charge in [-0.25, -0.2) is 17.7 Å². The van der Waals surface area contributed by atoms with E-state index < -0.39 is 21.8 Å². The standard InChI is InChI=1S/C19H21F3N6O3S/c1-32(30,31)28-6-2-5-27(7-8-28)17-14(19(20,21)22)11-23-18(26-17)24-13-3-4-15-12(9-13)10-16(29)25-15/h3-4,9,11H,2,5-8,10H2,1H3,(H,25,29)(H,23,24,26). The van der Waals surface area contributed by atoms with Crippen molar-refractivity contribution in [2.75, 3.05) is 48.0 Å². The van der Waals surface area contributed by atoms with Crippen LogP contribution in [0.4, 0.5) is 36.3 Å². The van der Waals surface area contributed by atoms with Gasteiger partial charge in [0.2, 0.25) is 21.9 Å². The Morgan fingerprint density at radius 3 is 2.66 bits per heavy atom. The third-order valence-corrected chi connectivity index (χ3v) is 6.59. The van der Waals surface area contributed by atoms with Gasteiger partial charge in [0, 0.05) is 43.8 Å². The average Bonchev–Trinajstić information content (AvgIpc) is 2.89. The molecule has 0 unspecified atom stereocenters. The molecule has 0 aliphatic carbocycles. The number of benzene rings is 1. The SMILES string of the molecule is CS(=O)(=O)N1CCCN(c2nc(Nc3ccc4c(c3)CC(=O)N4)ncc2C(F)(F)F)CC1. The highest BCUT2D eigenvalue weighted by molar-refractivity contribution is 7.88. The van der Waals surface area contributed by atoms with Crippen molar-refractivity contribution in [3.63, 3.8) is 0 Å². The van der Waals surface area contributed by atoms with E-state index in [0.29, 0.717) is 17.8 Å². The van der Waals surface area contributed by atoms with Gasteiger partial charge in [-0.1, -0.05) is 0 Å². The molecular weight excluding hydrogens is 449 g/mol. The van der Waals surface area contributed by atoms with Gasteiger partial charge in [-0.15, -0.1) is 0 Å². The number of fused-ring (bicyclic) bond motifs is 1. The zero-order valence-corrected chi connectivity index (χ0v) is 17.9. The second kappa shape index (κ2) is 8.20. The normalized spacial score (nSPS) is 17.6. The first kappa shape index (κ1) is 22.3. The topological polar surface area (TPSA) is 108 Å². The molecule has 1 aromatic heterocycles. The fourth-order valence-corrected chi connectivity index (χ4v) is 4.62. The number of alkyl halides is 3. The van der Waals surface area contributed by atoms with E-state index >= 15 is 0 Å². The lowest BCUT2D eigenvalue weighted by Gasteiger charge is -2.25. The van der Waals surface area contributed by atoms with Gasteiger partial charge in [0.05, 0.1) is 12.7 Å². The molecule has 4 rings (SSSR count). The monoisotopic (exact) mass is 470 g/mol. The molecule has 0 atom stereocenters. The summed E-state index contributed by atoms with van der Waals surface area (Å²) >= 11 is 0. The van der Waals surface area contributed by atoms with Gasteiger partial charge >= 0.3 is 6.18 Å². The first-order valence-electron chi connectivity index (χ1n) is 9.85. The Balaban J connectivity index is 1.62. The van der Waals surface area contributed by atoms with Gasteiger partial charge in [0.15, 0.2) is 0 Å². The van der Waals surface area contributed by atoms with Gasteiger partial charge in [0.1, 0.15) is 11.4 Å². The zero-order chi connectivity index (χ0) is 23.1. The zero-order valence-electron chi connectivity index (χ0n) is 17.1. The number of aromatic nitrogens is 2. The van der Waals surface area contributed by atoms with Crippen molar-refractivity contribution in [3.05, 3.63) is 35.5 Å². The molecule has 2 aliphatic heterocycles. The lowest BCUT2D eigenvalue weighted by molar-refractivity contribution is -0.137. The Morgan fingerprint density at radius 1 is 1.16 bits per heavy atom. The molecule has 1 saturated heterocycles. The summed E-state index contributed by atoms with van der Waals surface area (Å²) in [6.45, 7) is 0.584. The molecule has 2 N–H and O–H groups in total. The Hall–Kier alpha value is -2.93. The first-order valence-corrected chi connectivity index (χ1v) is 11.7. The summed E-state index contributed by atoms with van der Waals surface area (Å²) in [6.07, 6.45) is -2.29. The number of nitrogens with one attached hydrogen (secondary N) is 2. The molecule has 1 amide bonds. The minimum Gasteiger partial charge on any atom is -0.355 e. The largest absolute Gasteiger partial charge is 0.421 e. The van der Waals surface area contributed by atoms with Crippen molar-refractivity contribution in [1.82, 2.24) is 14.3 Å². The number of carbonyl (C=O) groups excluding carboxylic acids is 1. The second-order valence-corrected chi connectivity index (χ2v) is 9.64. The van der Waals surface area contributed by atoms with Crippen LogP contribution in [0.2, 0.25) is 0 Å². The lowest BCUT2D eigenvalue weighted by Crippen LogP contribution is -2.35. The third-order valence-electron chi connectivity index (χ3n) is 5.28. The average molecular weight is 470 g/mol. The number of rotatable bonds is 4. The molecular formula is C19H21F3N6O3S. The maximum Gasteiger partial charge on any atom is 0.421 e. The Bertz CT molecular complexity index is 1160. The number of hydrogen-bond donors (Lipinski definition) is 2. The minimum atomic E-state index is -4.67. The lowest BCUT2D eigenvalue weighted by atomic mass is 10.1. The van der Waals surface area contributed by atoms with Crippen molar-refractivity contribution in [2.24, 2.45) is 0 Å². The van der Waals surface area contributed by atoms with Crippen molar-refractivity contribution < 1.29 is 26.4 Å². The van der Waals surface area contributed by atoms with Gasteiger partial charge in [0.25, 0.3) is 0 Å². The summed E-state index contributed by atoms with van der Waals surface area (Å²) in [5.41, 5.74) is 1.000. The summed E-state index contributed by atoms with van der Waals surface area (Å²) in [4.78, 5) is 20.9. The van der Waals surface area contributed by atoms with Crippen LogP contribution in [0, 0.1) is 0 Å². The van der Waals surface area contributed by atoms with Gasteiger partial charge in [-0.05, 0) is 30.2 Å². The summed E-state index contributed by atoms with van der Waals surface area (Å²) in [6, 6.07) is 5.08. The Morgan fingerprint density at radius 2 is 1.94 bits per heavy atom. The van der Waals surface area contributed by atoms with Crippen LogP contribution in [0.1, 0.15) is 17.5 Å². The fraction of sp³-hybridized carbons (Fsp3) is 0.421. The summed E-state index contributed by atoms with van der Waals surface area (Å²) in [5.74, 6) is -0.465. The van der Waals surface area contributed by atoms with Crippen molar-refractivity contribution in [2.45, 2.75) is 19.0 Å². The van der Waals surface area contributed by atoms with E-state index in [1.807, 2.05) is 0 Å². The number of hydrogen-bond acceptors (Lipinski definition) is 7. The predicted molar refractivity (Wildman–Crippen MR) is 112 cm³/mol. The Labute approximate surface area is 182 Å². The highest BCUT2D eigenvalue weighted by Crippen LogP contribution is 2.36. The Kier molecular flexibility index (Phi) is 5.71. The van der Waals surface area contributed by atoms with E-state index in [2.05, 4.69) is 20.6 Å². The van der Waals surface area contributed by atoms with E-state index in [1.165, 1.54) is 9.21 Å². The molecule has 0 bridgehead atoms. The van der Waals surface area contributed by atoms with Crippen molar-refractivity contribution in [1.29, 1.82) is 0 Å². The number of amides is 1. The van der Waals surface area contributed by atoms with E-state index in [0.717, 1.165) is 18.0 Å². The fourth-order valence-electron chi connectivity index (χ4n) is 3.75. The molecule has 0 saturated carbocycles. The van der Waals surface area contributed by atoms with Crippen molar-refractivity contribution in [3.8, 4) is 0 Å². The van der Waals surface area contributed by atoms with E-state index in [4.69, 9.17) is 0 Å². The van der Waals surface area contributed by atoms with E-state index in [-0.39, 0.29) is 50.3 Å². The number of halogens is 3. The molecule has 1 fully saturated rings. The molecule has 0 spiro atoms. The van der Waals surface area contributed by atoms with Crippen LogP contribution in [0.15, 0.2) is 24.4 Å². The van der Waals surface area contributed by atoms with Crippen LogP contribution >= 0.6 is 0 Å². The van der Waals surface area contributed by atoms with Gasteiger partial charge < -0.3 is 15.5 Å². The maximum absolute atomic E-state index is 13.6. The molecule has 0 radical (unpaired) electrons. The highest BCUT2D eigenvalue weighted by atomic mass is 32.2. The molecule has 13 heteroatoms. The first-order chi connectivity index (χ1) is 15.0. The molecule has 2 aromatic rings. The maximum atomic E-state index is 13.6. The van der Waals surface area contributed by atoms with Crippen LogP contribution in [-0.4, -0.2) is 61.0 Å². The van der Waals surface area contributed by atoms with Crippen LogP contribution in [0.3, 0.4) is 0 Å². The molecule has 9 nitrogen and oxygen atoms in total. The number of carbonyl (C=O) groups is 1. The van der Waals surface area contributed by atoms with Crippen LogP contribution in [0.25, 0.3) is 0 Å². The number of sulfonamides is 1. The quantitative estimate of drug-likeness (QED) is 0.706. The third kappa shape index (κ3) is 4.78. The van der Waals surface area contributed by atoms with Crippen LogP contribution < -0.4 is 15.5 Å². The predicted octanol–water partition coefficient (Wildman–Crippen LogP) is 2.21. The van der Waals surface area contributed by atoms with E-state index in [1.54, 1.807) is 18.2 Å². The summed E-state index contributed by atoms with van der Waals surface area (Å²) in [7, 11) is -3.44. The van der Waals surface area contributed by atoms with Crippen molar-refractivity contribution >= 4 is 39.1 Å². The summed E-state index contributed by atoms with van der Waals surface area (Å²) < 4.78 is 65.8. The van der Waals surface area contributed by atoms with Crippen LogP contribution in [-0.2, 0) is 27.4 Å². The van der Waals surface area contributed by atoms with Crippen LogP contribution in [0.5, 0.6) is 0 Å². The smallest absolute Gasteiger partial charge is 0.355 e. The second-order valence-electron chi connectivity index (χ2n) is 7.65. The molecule has 32 heavy (non-hydrogen) atoms. The summed E-state index contributed by atoms with van der Waals surface area (Å²) in [5, 5.41) is 5.60. The number of anilines is 4. The molecule has 1 aromatic carbocycles. The molecule has 172 valence electrons. The van der Waals surface area contributed by atoms with Gasteiger partial charge in [-0.3, -0.25) is 4.79 Å². The number of nitrogens with zero attached hydrogens (tertiary/aromatic N) is 4. The van der Waals surface area contributed by atoms with Gasteiger partial charge in [-0.2, -0.15) is 18.2 Å². The minimum absolute atomic E-state index is 0.0329.